The highest BCUT2D eigenvalue weighted by Crippen LogP contribution is 2.41. The number of para-hydroxylation sites is 4. The van der Waals surface area contributed by atoms with E-state index in [1.807, 2.05) is 97.1 Å². The normalized spacial score (nSPS) is 11.9. The zero-order valence-corrected chi connectivity index (χ0v) is 27.0. The van der Waals surface area contributed by atoms with Crippen molar-refractivity contribution in [2.45, 2.75) is 0 Å². The van der Waals surface area contributed by atoms with Gasteiger partial charge in [0.25, 0.3) is 0 Å². The molecule has 0 aliphatic carbocycles. The molecule has 6 heteroatoms. The van der Waals surface area contributed by atoms with Crippen LogP contribution < -0.4 is 0 Å². The summed E-state index contributed by atoms with van der Waals surface area (Å²) in [6.07, 6.45) is 0. The number of benzene rings is 7. The van der Waals surface area contributed by atoms with E-state index in [9.17, 15) is 0 Å². The highest BCUT2D eigenvalue weighted by atomic mass is 16.3. The van der Waals surface area contributed by atoms with Crippen molar-refractivity contribution < 1.29 is 13.3 Å². The van der Waals surface area contributed by atoms with E-state index in [0.29, 0.717) is 17.5 Å². The summed E-state index contributed by atoms with van der Waals surface area (Å²) < 4.78 is 19.3. The van der Waals surface area contributed by atoms with Crippen LogP contribution in [-0.2, 0) is 0 Å². The lowest BCUT2D eigenvalue weighted by atomic mass is 10.0. The van der Waals surface area contributed by atoms with Crippen molar-refractivity contribution >= 4 is 65.8 Å². The third kappa shape index (κ3) is 4.26. The lowest BCUT2D eigenvalue weighted by Gasteiger charge is -2.09. The first kappa shape index (κ1) is 27.9. The Balaban J connectivity index is 1.12. The van der Waals surface area contributed by atoms with Gasteiger partial charge in [0.1, 0.15) is 33.5 Å². The van der Waals surface area contributed by atoms with E-state index in [1.165, 1.54) is 0 Å². The molecule has 11 rings (SSSR count). The zero-order valence-electron chi connectivity index (χ0n) is 27.0. The molecule has 0 amide bonds. The standard InChI is InChI=1S/C45H25N3O3/c1-2-11-26(12-3-1)43-46-44(34-18-10-22-38-40(34)33-14-5-7-21-37(33)49-38)48-45(47-43)35-19-9-17-32-30-24-23-27(25-39(30)51-42(32)35)28-15-8-16-31-29-13-4-6-20-36(29)50-41(28)31/h1-25H. The Kier molecular flexibility index (Phi) is 5.86. The van der Waals surface area contributed by atoms with Gasteiger partial charge < -0.3 is 13.3 Å². The third-order valence-corrected chi connectivity index (χ3v) is 9.77. The van der Waals surface area contributed by atoms with Gasteiger partial charge in [-0.3, -0.25) is 0 Å². The van der Waals surface area contributed by atoms with Crippen LogP contribution in [0.4, 0.5) is 0 Å². The quantitative estimate of drug-likeness (QED) is 0.188. The molecule has 0 radical (unpaired) electrons. The summed E-state index contributed by atoms with van der Waals surface area (Å²) in [4.78, 5) is 15.2. The highest BCUT2D eigenvalue weighted by molar-refractivity contribution is 6.13. The lowest BCUT2D eigenvalue weighted by molar-refractivity contribution is 0.668. The van der Waals surface area contributed by atoms with Gasteiger partial charge in [0.15, 0.2) is 17.5 Å². The van der Waals surface area contributed by atoms with Crippen LogP contribution in [0.5, 0.6) is 0 Å². The van der Waals surface area contributed by atoms with Crippen LogP contribution in [0.1, 0.15) is 0 Å². The van der Waals surface area contributed by atoms with Gasteiger partial charge in [-0.1, -0.05) is 115 Å². The molecule has 0 saturated carbocycles. The molecule has 0 atom stereocenters. The van der Waals surface area contributed by atoms with Crippen molar-refractivity contribution in [1.29, 1.82) is 0 Å². The number of hydrogen-bond acceptors (Lipinski definition) is 6. The van der Waals surface area contributed by atoms with Gasteiger partial charge in [-0.05, 0) is 42.0 Å². The fraction of sp³-hybridized carbons (Fsp3) is 0. The van der Waals surface area contributed by atoms with E-state index in [4.69, 9.17) is 28.2 Å². The highest BCUT2D eigenvalue weighted by Gasteiger charge is 2.21. The maximum Gasteiger partial charge on any atom is 0.167 e. The summed E-state index contributed by atoms with van der Waals surface area (Å²) in [7, 11) is 0. The Labute approximate surface area is 290 Å². The Hall–Kier alpha value is -7.05. The van der Waals surface area contributed by atoms with Crippen LogP contribution in [0.15, 0.2) is 165 Å². The number of rotatable bonds is 4. The van der Waals surface area contributed by atoms with Gasteiger partial charge in [0.05, 0.1) is 5.56 Å². The summed E-state index contributed by atoms with van der Waals surface area (Å²) in [6.45, 7) is 0. The van der Waals surface area contributed by atoms with Crippen LogP contribution in [0, 0.1) is 0 Å². The molecule has 4 aromatic heterocycles. The zero-order chi connectivity index (χ0) is 33.5. The van der Waals surface area contributed by atoms with E-state index in [1.54, 1.807) is 0 Å². The van der Waals surface area contributed by atoms with Crippen molar-refractivity contribution in [1.82, 2.24) is 15.0 Å². The Bertz CT molecular complexity index is 3150. The molecule has 7 aromatic carbocycles. The topological polar surface area (TPSA) is 78.1 Å². The largest absolute Gasteiger partial charge is 0.456 e. The first-order valence-corrected chi connectivity index (χ1v) is 16.9. The Morgan fingerprint density at radius 1 is 0.314 bits per heavy atom. The second-order valence-corrected chi connectivity index (χ2v) is 12.7. The fourth-order valence-electron chi connectivity index (χ4n) is 7.41. The van der Waals surface area contributed by atoms with Crippen molar-refractivity contribution in [3.63, 3.8) is 0 Å². The molecule has 0 unspecified atom stereocenters. The summed E-state index contributed by atoms with van der Waals surface area (Å²) in [5, 5.41) is 6.18. The predicted octanol–water partition coefficient (Wildman–Crippen LogP) is 12.2. The second-order valence-electron chi connectivity index (χ2n) is 12.7. The first-order valence-electron chi connectivity index (χ1n) is 16.9. The van der Waals surface area contributed by atoms with Gasteiger partial charge in [-0.15, -0.1) is 0 Å². The number of nitrogens with zero attached hydrogens (tertiary/aromatic N) is 3. The minimum absolute atomic E-state index is 0.528. The van der Waals surface area contributed by atoms with Crippen molar-refractivity contribution in [2.75, 3.05) is 0 Å². The molecule has 11 aromatic rings. The van der Waals surface area contributed by atoms with E-state index < -0.39 is 0 Å². The molecule has 0 N–H and O–H groups in total. The maximum atomic E-state index is 6.73. The van der Waals surface area contributed by atoms with Crippen LogP contribution >= 0.6 is 0 Å². The van der Waals surface area contributed by atoms with Gasteiger partial charge >= 0.3 is 0 Å². The van der Waals surface area contributed by atoms with Crippen LogP contribution in [0.25, 0.3) is 111 Å². The molecule has 51 heavy (non-hydrogen) atoms. The van der Waals surface area contributed by atoms with E-state index in [-0.39, 0.29) is 0 Å². The molecule has 4 heterocycles. The number of hydrogen-bond donors (Lipinski definition) is 0. The summed E-state index contributed by atoms with van der Waals surface area (Å²) in [5.41, 5.74) is 9.42. The van der Waals surface area contributed by atoms with Crippen LogP contribution in [-0.4, -0.2) is 15.0 Å². The lowest BCUT2D eigenvalue weighted by Crippen LogP contribution is -2.00. The monoisotopic (exact) mass is 655 g/mol. The molecular formula is C45H25N3O3. The van der Waals surface area contributed by atoms with Gasteiger partial charge in [0.2, 0.25) is 0 Å². The Morgan fingerprint density at radius 3 is 1.69 bits per heavy atom. The number of fused-ring (bicyclic) bond motifs is 9. The van der Waals surface area contributed by atoms with Crippen molar-refractivity contribution in [2.24, 2.45) is 0 Å². The number of aromatic nitrogens is 3. The minimum Gasteiger partial charge on any atom is -0.456 e. The first-order chi connectivity index (χ1) is 25.3. The smallest absolute Gasteiger partial charge is 0.167 e. The SMILES string of the molecule is c1ccc(-c2nc(-c3cccc4c3oc3cc(-c5cccc6c5oc5ccccc56)ccc34)nc(-c3cccc4oc5ccccc5c34)n2)cc1. The van der Waals surface area contributed by atoms with Crippen LogP contribution in [0.2, 0.25) is 0 Å². The van der Waals surface area contributed by atoms with Gasteiger partial charge in [0, 0.05) is 49.0 Å². The van der Waals surface area contributed by atoms with Crippen molar-refractivity contribution in [3.8, 4) is 45.3 Å². The third-order valence-electron chi connectivity index (χ3n) is 9.77. The van der Waals surface area contributed by atoms with E-state index in [2.05, 4.69) is 54.6 Å². The average molecular weight is 656 g/mol. The van der Waals surface area contributed by atoms with Gasteiger partial charge in [-0.2, -0.15) is 0 Å². The maximum absolute atomic E-state index is 6.73. The Morgan fingerprint density at radius 2 is 0.863 bits per heavy atom. The molecule has 0 bridgehead atoms. The summed E-state index contributed by atoms with van der Waals surface area (Å²) in [5.74, 6) is 1.67. The second kappa shape index (κ2) is 10.7. The molecular weight excluding hydrogens is 631 g/mol. The predicted molar refractivity (Wildman–Crippen MR) is 203 cm³/mol. The molecule has 0 aliphatic rings. The summed E-state index contributed by atoms with van der Waals surface area (Å²) >= 11 is 0. The summed E-state index contributed by atoms with van der Waals surface area (Å²) in [6, 6.07) is 51.0. The average Bonchev–Trinajstić information content (AvgIpc) is 3.89. The molecule has 6 nitrogen and oxygen atoms in total. The van der Waals surface area contributed by atoms with Gasteiger partial charge in [-0.25, -0.2) is 15.0 Å². The molecule has 0 fully saturated rings. The van der Waals surface area contributed by atoms with Crippen molar-refractivity contribution in [3.05, 3.63) is 152 Å². The number of furan rings is 3. The van der Waals surface area contributed by atoms with E-state index >= 15 is 0 Å². The molecule has 238 valence electrons. The molecule has 0 spiro atoms. The molecule has 0 aliphatic heterocycles. The molecule has 0 saturated heterocycles. The fourth-order valence-corrected chi connectivity index (χ4v) is 7.41. The minimum atomic E-state index is 0.528. The van der Waals surface area contributed by atoms with Crippen LogP contribution in [0.3, 0.4) is 0 Å². The van der Waals surface area contributed by atoms with E-state index in [0.717, 1.165) is 93.6 Å².